The van der Waals surface area contributed by atoms with Crippen LogP contribution in [0.25, 0.3) is 10.1 Å². The Morgan fingerprint density at radius 1 is 1.12 bits per heavy atom. The average Bonchev–Trinajstić information content (AvgIpc) is 3.06. The van der Waals surface area contributed by atoms with Crippen LogP contribution in [0.15, 0.2) is 59.5 Å². The number of ether oxygens (including phenoxy) is 1. The smallest absolute Gasteiger partial charge is 0.348 e. The molecule has 5 nitrogen and oxygen atoms in total. The fraction of sp³-hybridized carbons (Fsp3) is 0.211. The highest BCUT2D eigenvalue weighted by Gasteiger charge is 2.16. The first-order valence-electron chi connectivity index (χ1n) is 8.24. The van der Waals surface area contributed by atoms with Crippen LogP contribution in [0.3, 0.4) is 0 Å². The molecule has 0 fully saturated rings. The maximum absolute atomic E-state index is 12.5. The van der Waals surface area contributed by atoms with Crippen LogP contribution >= 0.6 is 11.3 Å². The van der Waals surface area contributed by atoms with Gasteiger partial charge in [0, 0.05) is 11.2 Å². The number of rotatable bonds is 7. The molecule has 0 bridgehead atoms. The van der Waals surface area contributed by atoms with Crippen molar-refractivity contribution < 1.29 is 17.9 Å². The molecule has 1 aromatic heterocycles. The Morgan fingerprint density at radius 3 is 2.62 bits per heavy atom. The van der Waals surface area contributed by atoms with Crippen molar-refractivity contribution in [1.82, 2.24) is 4.72 Å². The minimum absolute atomic E-state index is 0.186. The van der Waals surface area contributed by atoms with Crippen molar-refractivity contribution in [2.24, 2.45) is 0 Å². The van der Waals surface area contributed by atoms with Crippen LogP contribution in [-0.2, 0) is 21.2 Å². The summed E-state index contributed by atoms with van der Waals surface area (Å²) in [4.78, 5) is 12.5. The molecular weight excluding hydrogens is 370 g/mol. The zero-order chi connectivity index (χ0) is 18.6. The highest BCUT2D eigenvalue weighted by Crippen LogP contribution is 2.28. The number of esters is 1. The Kier molecular flexibility index (Phi) is 5.70. The lowest BCUT2D eigenvalue weighted by molar-refractivity contribution is 0.0532. The van der Waals surface area contributed by atoms with E-state index in [1.54, 1.807) is 31.2 Å². The van der Waals surface area contributed by atoms with Gasteiger partial charge in [0.05, 0.1) is 11.5 Å². The van der Waals surface area contributed by atoms with Crippen LogP contribution in [0.4, 0.5) is 0 Å². The number of hydrogen-bond acceptors (Lipinski definition) is 5. The number of sulfonamides is 1. The second kappa shape index (κ2) is 7.99. The van der Waals surface area contributed by atoms with Gasteiger partial charge in [0.2, 0.25) is 10.0 Å². The molecule has 0 saturated heterocycles. The molecule has 0 aliphatic heterocycles. The maximum Gasteiger partial charge on any atom is 0.348 e. The topological polar surface area (TPSA) is 72.5 Å². The Balaban J connectivity index is 1.74. The summed E-state index contributed by atoms with van der Waals surface area (Å²) in [6.07, 6.45) is 0.619. The molecule has 0 radical (unpaired) electrons. The molecule has 7 heteroatoms. The number of benzene rings is 2. The van der Waals surface area contributed by atoms with E-state index in [9.17, 15) is 13.2 Å². The predicted octanol–water partition coefficient (Wildman–Crippen LogP) is 3.60. The lowest BCUT2D eigenvalue weighted by atomic mass is 10.2. The zero-order valence-corrected chi connectivity index (χ0v) is 15.9. The van der Waals surface area contributed by atoms with Crippen LogP contribution in [0.2, 0.25) is 0 Å². The van der Waals surface area contributed by atoms with E-state index in [-0.39, 0.29) is 10.9 Å². The van der Waals surface area contributed by atoms with Crippen molar-refractivity contribution in [3.8, 4) is 0 Å². The van der Waals surface area contributed by atoms with Crippen LogP contribution in [-0.4, -0.2) is 27.5 Å². The van der Waals surface area contributed by atoms with E-state index < -0.39 is 10.0 Å². The van der Waals surface area contributed by atoms with Crippen LogP contribution in [0, 0.1) is 0 Å². The van der Waals surface area contributed by atoms with Gasteiger partial charge in [-0.1, -0.05) is 30.3 Å². The van der Waals surface area contributed by atoms with Gasteiger partial charge in [-0.2, -0.15) is 0 Å². The van der Waals surface area contributed by atoms with Gasteiger partial charge in [-0.15, -0.1) is 11.3 Å². The van der Waals surface area contributed by atoms with Gasteiger partial charge in [-0.3, -0.25) is 0 Å². The first-order valence-corrected chi connectivity index (χ1v) is 10.5. The number of thiophene rings is 1. The fourth-order valence-electron chi connectivity index (χ4n) is 2.55. The van der Waals surface area contributed by atoms with Gasteiger partial charge in [-0.25, -0.2) is 17.9 Å². The summed E-state index contributed by atoms with van der Waals surface area (Å²) in [6.45, 7) is 2.37. The molecule has 0 saturated carbocycles. The average molecular weight is 389 g/mol. The van der Waals surface area contributed by atoms with Gasteiger partial charge in [0.25, 0.3) is 0 Å². The largest absolute Gasteiger partial charge is 0.462 e. The number of carbonyl (C=O) groups is 1. The van der Waals surface area contributed by atoms with E-state index in [1.807, 2.05) is 30.3 Å². The molecule has 0 spiro atoms. The Bertz CT molecular complexity index is 1010. The molecule has 136 valence electrons. The second-order valence-corrected chi connectivity index (χ2v) is 8.51. The Hall–Kier alpha value is -2.22. The molecule has 0 amide bonds. The normalized spacial score (nSPS) is 11.6. The lowest BCUT2D eigenvalue weighted by Crippen LogP contribution is -2.25. The molecule has 0 aliphatic rings. The summed E-state index contributed by atoms with van der Waals surface area (Å²) in [7, 11) is -3.60. The highest BCUT2D eigenvalue weighted by atomic mass is 32.2. The third-order valence-electron chi connectivity index (χ3n) is 3.82. The number of nitrogens with one attached hydrogen (secondary N) is 1. The lowest BCUT2D eigenvalue weighted by Gasteiger charge is -2.07. The predicted molar refractivity (Wildman–Crippen MR) is 103 cm³/mol. The maximum atomic E-state index is 12.5. The van der Waals surface area contributed by atoms with E-state index in [2.05, 4.69) is 4.72 Å². The molecule has 3 aromatic rings. The zero-order valence-electron chi connectivity index (χ0n) is 14.3. The van der Waals surface area contributed by atoms with Gasteiger partial charge in [0.1, 0.15) is 4.88 Å². The summed E-state index contributed by atoms with van der Waals surface area (Å²) in [5.74, 6) is -0.390. The van der Waals surface area contributed by atoms with Gasteiger partial charge in [0.15, 0.2) is 0 Å². The first-order chi connectivity index (χ1) is 12.5. The quantitative estimate of drug-likeness (QED) is 0.627. The van der Waals surface area contributed by atoms with E-state index in [0.29, 0.717) is 29.8 Å². The van der Waals surface area contributed by atoms with E-state index in [1.165, 1.54) is 11.3 Å². The summed E-state index contributed by atoms with van der Waals surface area (Å²) >= 11 is 1.29. The first kappa shape index (κ1) is 18.6. The number of hydrogen-bond donors (Lipinski definition) is 1. The van der Waals surface area contributed by atoms with Crippen molar-refractivity contribution in [2.75, 3.05) is 13.2 Å². The minimum atomic E-state index is -3.60. The molecule has 3 rings (SSSR count). The van der Waals surface area contributed by atoms with Crippen LogP contribution in [0.5, 0.6) is 0 Å². The van der Waals surface area contributed by atoms with Gasteiger partial charge in [-0.05, 0) is 48.6 Å². The Morgan fingerprint density at radius 2 is 1.88 bits per heavy atom. The van der Waals surface area contributed by atoms with E-state index >= 15 is 0 Å². The summed E-state index contributed by atoms with van der Waals surface area (Å²) in [5.41, 5.74) is 1.07. The molecular formula is C19H19NO4S2. The SMILES string of the molecule is CCOC(=O)c1cc2cc(S(=O)(=O)NCCc3ccccc3)ccc2s1. The minimum Gasteiger partial charge on any atom is -0.462 e. The molecule has 1 heterocycles. The second-order valence-electron chi connectivity index (χ2n) is 5.66. The standard InChI is InChI=1S/C19H19NO4S2/c1-2-24-19(21)18-13-15-12-16(8-9-17(15)25-18)26(22,23)20-11-10-14-6-4-3-5-7-14/h3-9,12-13,20H,2,10-11H2,1H3. The van der Waals surface area contributed by atoms with Crippen molar-refractivity contribution >= 4 is 37.4 Å². The molecule has 26 heavy (non-hydrogen) atoms. The molecule has 0 atom stereocenters. The third-order valence-corrected chi connectivity index (χ3v) is 6.38. The van der Waals surface area contributed by atoms with Crippen molar-refractivity contribution in [1.29, 1.82) is 0 Å². The van der Waals surface area contributed by atoms with E-state index in [0.717, 1.165) is 10.3 Å². The molecule has 0 aliphatic carbocycles. The highest BCUT2D eigenvalue weighted by molar-refractivity contribution is 7.89. The van der Waals surface area contributed by atoms with Gasteiger partial charge >= 0.3 is 5.97 Å². The Labute approximate surface area is 156 Å². The van der Waals surface area contributed by atoms with Crippen molar-refractivity contribution in [3.63, 3.8) is 0 Å². The van der Waals surface area contributed by atoms with Gasteiger partial charge < -0.3 is 4.74 Å². The number of fused-ring (bicyclic) bond motifs is 1. The number of carbonyl (C=O) groups excluding carboxylic acids is 1. The summed E-state index contributed by atoms with van der Waals surface area (Å²) in [5, 5.41) is 0.712. The molecule has 0 unspecified atom stereocenters. The van der Waals surface area contributed by atoms with Crippen LogP contribution in [0.1, 0.15) is 22.2 Å². The van der Waals surface area contributed by atoms with Crippen LogP contribution < -0.4 is 4.72 Å². The molecule has 1 N–H and O–H groups in total. The fourth-order valence-corrected chi connectivity index (χ4v) is 4.55. The third kappa shape index (κ3) is 4.30. The summed E-state index contributed by atoms with van der Waals surface area (Å²) < 4.78 is 33.5. The van der Waals surface area contributed by atoms with E-state index in [4.69, 9.17) is 4.74 Å². The van der Waals surface area contributed by atoms with Crippen molar-refractivity contribution in [2.45, 2.75) is 18.2 Å². The summed E-state index contributed by atoms with van der Waals surface area (Å²) in [6, 6.07) is 16.2. The van der Waals surface area contributed by atoms with Crippen molar-refractivity contribution in [3.05, 3.63) is 65.0 Å². The molecule has 2 aromatic carbocycles. The monoisotopic (exact) mass is 389 g/mol.